The predicted octanol–water partition coefficient (Wildman–Crippen LogP) is 3.53. The topological polar surface area (TPSA) is 84.0 Å². The van der Waals surface area contributed by atoms with E-state index < -0.39 is 0 Å². The number of aryl methyl sites for hydroxylation is 2. The maximum absolute atomic E-state index is 12.6. The van der Waals surface area contributed by atoms with Crippen LogP contribution in [-0.4, -0.2) is 50.7 Å². The van der Waals surface area contributed by atoms with Crippen LogP contribution in [0.1, 0.15) is 48.4 Å². The highest BCUT2D eigenvalue weighted by atomic mass is 16.5. The molecular formula is C22H27N5O2. The second-order valence-corrected chi connectivity index (χ2v) is 7.74. The van der Waals surface area contributed by atoms with Gasteiger partial charge in [-0.2, -0.15) is 5.10 Å². The third-order valence-electron chi connectivity index (χ3n) is 5.60. The number of amides is 1. The van der Waals surface area contributed by atoms with Gasteiger partial charge in [0, 0.05) is 37.8 Å². The van der Waals surface area contributed by atoms with E-state index in [1.54, 1.807) is 12.4 Å². The highest BCUT2D eigenvalue weighted by molar-refractivity contribution is 5.76. The fourth-order valence-corrected chi connectivity index (χ4v) is 4.00. The van der Waals surface area contributed by atoms with Crippen LogP contribution in [0.15, 0.2) is 30.6 Å². The Balaban J connectivity index is 1.23. The molecule has 0 bridgehead atoms. The van der Waals surface area contributed by atoms with Crippen molar-refractivity contribution in [1.29, 1.82) is 0 Å². The molecule has 0 atom stereocenters. The zero-order valence-electron chi connectivity index (χ0n) is 17.0. The quantitative estimate of drug-likeness (QED) is 0.648. The number of nitrogens with one attached hydrogen (secondary N) is 1. The third kappa shape index (κ3) is 4.39. The Kier molecular flexibility index (Phi) is 5.74. The van der Waals surface area contributed by atoms with E-state index in [0.29, 0.717) is 24.6 Å². The predicted molar refractivity (Wildman–Crippen MR) is 111 cm³/mol. The van der Waals surface area contributed by atoms with Crippen molar-refractivity contribution in [3.8, 4) is 5.75 Å². The van der Waals surface area contributed by atoms with Gasteiger partial charge in [-0.1, -0.05) is 17.7 Å². The normalized spacial score (nSPS) is 15.0. The molecule has 1 aromatic carbocycles. The SMILES string of the molecule is Cc1ccc(OCCCC(=O)N2CCC(c3[nH]nc4nccnc34)CC2)c(C)c1. The Morgan fingerprint density at radius 1 is 1.21 bits per heavy atom. The standard InChI is InChI=1S/C22H27N5O2/c1-15-5-6-18(16(2)14-15)29-13-3-4-19(28)27-11-7-17(8-12-27)20-21-22(26-25-20)24-10-9-23-21/h5-6,9-10,14,17H,3-4,7-8,11-13H2,1-2H3,(H,24,25,26). The monoisotopic (exact) mass is 393 g/mol. The fraction of sp³-hybridized carbons (Fsp3) is 0.455. The average molecular weight is 393 g/mol. The van der Waals surface area contributed by atoms with Crippen molar-refractivity contribution >= 4 is 17.1 Å². The summed E-state index contributed by atoms with van der Waals surface area (Å²) in [5.41, 5.74) is 4.91. The molecule has 152 valence electrons. The first-order valence-corrected chi connectivity index (χ1v) is 10.2. The lowest BCUT2D eigenvalue weighted by molar-refractivity contribution is -0.132. The number of nitrogens with zero attached hydrogens (tertiary/aromatic N) is 4. The molecule has 0 spiro atoms. The molecule has 29 heavy (non-hydrogen) atoms. The summed E-state index contributed by atoms with van der Waals surface area (Å²) in [5.74, 6) is 1.45. The lowest BCUT2D eigenvalue weighted by Gasteiger charge is -2.31. The van der Waals surface area contributed by atoms with Crippen LogP contribution in [0.25, 0.3) is 11.2 Å². The smallest absolute Gasteiger partial charge is 0.222 e. The number of fused-ring (bicyclic) bond motifs is 1. The number of hydrogen-bond acceptors (Lipinski definition) is 5. The van der Waals surface area contributed by atoms with Crippen LogP contribution >= 0.6 is 0 Å². The molecule has 3 aromatic rings. The molecule has 3 heterocycles. The minimum Gasteiger partial charge on any atom is -0.493 e. The van der Waals surface area contributed by atoms with Crippen molar-refractivity contribution in [2.45, 2.75) is 45.4 Å². The van der Waals surface area contributed by atoms with Gasteiger partial charge in [0.15, 0.2) is 5.65 Å². The van der Waals surface area contributed by atoms with Gasteiger partial charge >= 0.3 is 0 Å². The van der Waals surface area contributed by atoms with E-state index in [-0.39, 0.29) is 5.91 Å². The van der Waals surface area contributed by atoms with Gasteiger partial charge in [-0.05, 0) is 44.7 Å². The van der Waals surface area contributed by atoms with E-state index in [0.717, 1.165) is 54.9 Å². The van der Waals surface area contributed by atoms with E-state index in [1.807, 2.05) is 24.0 Å². The molecule has 7 nitrogen and oxygen atoms in total. The molecule has 0 radical (unpaired) electrons. The number of hydrogen-bond donors (Lipinski definition) is 1. The molecule has 7 heteroatoms. The molecule has 1 N–H and O–H groups in total. The van der Waals surface area contributed by atoms with Gasteiger partial charge < -0.3 is 9.64 Å². The summed E-state index contributed by atoms with van der Waals surface area (Å²) in [4.78, 5) is 23.2. The Labute approximate surface area is 170 Å². The molecule has 0 unspecified atom stereocenters. The van der Waals surface area contributed by atoms with Crippen molar-refractivity contribution < 1.29 is 9.53 Å². The van der Waals surface area contributed by atoms with E-state index in [1.165, 1.54) is 5.56 Å². The van der Waals surface area contributed by atoms with Crippen LogP contribution in [-0.2, 0) is 4.79 Å². The van der Waals surface area contributed by atoms with Crippen molar-refractivity contribution in [1.82, 2.24) is 25.1 Å². The maximum Gasteiger partial charge on any atom is 0.222 e. The molecule has 1 amide bonds. The summed E-state index contributed by atoms with van der Waals surface area (Å²) >= 11 is 0. The Hall–Kier alpha value is -2.96. The van der Waals surface area contributed by atoms with Gasteiger partial charge in [0.05, 0.1) is 12.3 Å². The van der Waals surface area contributed by atoms with Gasteiger partial charge in [-0.3, -0.25) is 9.89 Å². The number of piperidine rings is 1. The molecule has 1 aliphatic heterocycles. The average Bonchev–Trinajstić information content (AvgIpc) is 3.16. The van der Waals surface area contributed by atoms with Crippen LogP contribution in [0.2, 0.25) is 0 Å². The van der Waals surface area contributed by atoms with Crippen LogP contribution in [0, 0.1) is 13.8 Å². The number of aromatic amines is 1. The zero-order chi connectivity index (χ0) is 20.2. The number of H-pyrrole nitrogens is 1. The minimum absolute atomic E-state index is 0.210. The molecule has 2 aromatic heterocycles. The number of carbonyl (C=O) groups is 1. The number of likely N-dealkylation sites (tertiary alicyclic amines) is 1. The van der Waals surface area contributed by atoms with Crippen LogP contribution in [0.4, 0.5) is 0 Å². The summed E-state index contributed by atoms with van der Waals surface area (Å²) in [6.45, 7) is 6.21. The van der Waals surface area contributed by atoms with Gasteiger partial charge in [-0.25, -0.2) is 9.97 Å². The summed E-state index contributed by atoms with van der Waals surface area (Å²) in [6, 6.07) is 6.16. The van der Waals surface area contributed by atoms with Crippen molar-refractivity contribution in [2.24, 2.45) is 0 Å². The lowest BCUT2D eigenvalue weighted by Crippen LogP contribution is -2.38. The zero-order valence-corrected chi connectivity index (χ0v) is 17.0. The highest BCUT2D eigenvalue weighted by Gasteiger charge is 2.26. The molecule has 1 fully saturated rings. The second kappa shape index (κ2) is 8.59. The highest BCUT2D eigenvalue weighted by Crippen LogP contribution is 2.30. The van der Waals surface area contributed by atoms with Crippen LogP contribution < -0.4 is 4.74 Å². The first-order valence-electron chi connectivity index (χ1n) is 10.2. The van der Waals surface area contributed by atoms with E-state index >= 15 is 0 Å². The van der Waals surface area contributed by atoms with Crippen LogP contribution in [0.5, 0.6) is 5.75 Å². The van der Waals surface area contributed by atoms with Crippen molar-refractivity contribution in [2.75, 3.05) is 19.7 Å². The van der Waals surface area contributed by atoms with E-state index in [2.05, 4.69) is 33.2 Å². The fourth-order valence-electron chi connectivity index (χ4n) is 4.00. The lowest BCUT2D eigenvalue weighted by atomic mass is 9.93. The Bertz CT molecular complexity index is 992. The number of carbonyl (C=O) groups excluding carboxylic acids is 1. The summed E-state index contributed by atoms with van der Waals surface area (Å²) in [7, 11) is 0. The first-order chi connectivity index (χ1) is 14.1. The van der Waals surface area contributed by atoms with Gasteiger partial charge in [0.25, 0.3) is 0 Å². The van der Waals surface area contributed by atoms with E-state index in [4.69, 9.17) is 4.74 Å². The van der Waals surface area contributed by atoms with Gasteiger partial charge in [0.1, 0.15) is 11.3 Å². The van der Waals surface area contributed by atoms with Crippen molar-refractivity contribution in [3.63, 3.8) is 0 Å². The molecule has 1 saturated heterocycles. The second-order valence-electron chi connectivity index (χ2n) is 7.74. The van der Waals surface area contributed by atoms with E-state index in [9.17, 15) is 4.79 Å². The van der Waals surface area contributed by atoms with Gasteiger partial charge in [0.2, 0.25) is 5.91 Å². The minimum atomic E-state index is 0.210. The Morgan fingerprint density at radius 2 is 2.00 bits per heavy atom. The number of rotatable bonds is 6. The van der Waals surface area contributed by atoms with Gasteiger partial charge in [-0.15, -0.1) is 0 Å². The van der Waals surface area contributed by atoms with Crippen molar-refractivity contribution in [3.05, 3.63) is 47.4 Å². The number of ether oxygens (including phenoxy) is 1. The largest absolute Gasteiger partial charge is 0.493 e. The molecule has 1 aliphatic rings. The summed E-state index contributed by atoms with van der Waals surface area (Å²) < 4.78 is 5.84. The number of aromatic nitrogens is 4. The van der Waals surface area contributed by atoms with Crippen LogP contribution in [0.3, 0.4) is 0 Å². The summed E-state index contributed by atoms with van der Waals surface area (Å²) in [5, 5.41) is 7.34. The summed E-state index contributed by atoms with van der Waals surface area (Å²) in [6.07, 6.45) is 6.43. The number of benzene rings is 1. The molecular weight excluding hydrogens is 366 g/mol. The Morgan fingerprint density at radius 3 is 2.79 bits per heavy atom. The maximum atomic E-state index is 12.6. The molecule has 0 saturated carbocycles. The molecule has 4 rings (SSSR count). The molecule has 0 aliphatic carbocycles. The first kappa shape index (κ1) is 19.4. The third-order valence-corrected chi connectivity index (χ3v) is 5.60.